The SMILES string of the molecule is O=C([C@H](c1ccccc1)N(Cc1ccccc1)C(=O)O)N1CCNCC1. The molecule has 136 valence electrons. The van der Waals surface area contributed by atoms with Gasteiger partial charge in [0.25, 0.3) is 0 Å². The molecule has 0 bridgehead atoms. The number of carbonyl (C=O) groups is 2. The summed E-state index contributed by atoms with van der Waals surface area (Å²) < 4.78 is 0. The number of benzene rings is 2. The molecule has 0 unspecified atom stereocenters. The molecule has 0 saturated carbocycles. The van der Waals surface area contributed by atoms with E-state index in [0.29, 0.717) is 18.7 Å². The molecule has 0 spiro atoms. The maximum Gasteiger partial charge on any atom is 0.408 e. The van der Waals surface area contributed by atoms with Crippen molar-refractivity contribution in [3.05, 3.63) is 71.8 Å². The summed E-state index contributed by atoms with van der Waals surface area (Å²) >= 11 is 0. The van der Waals surface area contributed by atoms with Gasteiger partial charge in [0, 0.05) is 26.2 Å². The Balaban J connectivity index is 1.94. The second-order valence-electron chi connectivity index (χ2n) is 6.28. The van der Waals surface area contributed by atoms with Crippen LogP contribution in [0.1, 0.15) is 17.2 Å². The molecule has 1 aliphatic rings. The first-order chi connectivity index (χ1) is 12.7. The van der Waals surface area contributed by atoms with Crippen molar-refractivity contribution in [1.29, 1.82) is 0 Å². The van der Waals surface area contributed by atoms with E-state index in [0.717, 1.165) is 18.7 Å². The number of amides is 2. The van der Waals surface area contributed by atoms with Crippen LogP contribution >= 0.6 is 0 Å². The average molecular weight is 353 g/mol. The standard InChI is InChI=1S/C20H23N3O3/c24-19(22-13-11-21-12-14-22)18(17-9-5-2-6-10-17)23(20(25)26)15-16-7-3-1-4-8-16/h1-10,18,21H,11-15H2,(H,25,26)/t18-/m0/s1. The highest BCUT2D eigenvalue weighted by Crippen LogP contribution is 2.26. The van der Waals surface area contributed by atoms with Gasteiger partial charge in [-0.1, -0.05) is 60.7 Å². The lowest BCUT2D eigenvalue weighted by Gasteiger charge is -2.35. The Morgan fingerprint density at radius 2 is 1.58 bits per heavy atom. The molecule has 0 aromatic heterocycles. The molecule has 2 aromatic rings. The highest BCUT2D eigenvalue weighted by molar-refractivity contribution is 5.86. The molecule has 6 nitrogen and oxygen atoms in total. The van der Waals surface area contributed by atoms with E-state index in [9.17, 15) is 14.7 Å². The smallest absolute Gasteiger partial charge is 0.408 e. The van der Waals surface area contributed by atoms with E-state index in [1.54, 1.807) is 4.90 Å². The molecule has 1 aliphatic heterocycles. The fourth-order valence-electron chi connectivity index (χ4n) is 3.20. The number of rotatable bonds is 5. The Morgan fingerprint density at radius 1 is 1.00 bits per heavy atom. The number of hydrogen-bond acceptors (Lipinski definition) is 3. The Labute approximate surface area is 153 Å². The van der Waals surface area contributed by atoms with Gasteiger partial charge in [-0.05, 0) is 11.1 Å². The van der Waals surface area contributed by atoms with Crippen LogP contribution in [0.5, 0.6) is 0 Å². The summed E-state index contributed by atoms with van der Waals surface area (Å²) in [5, 5.41) is 13.1. The highest BCUT2D eigenvalue weighted by Gasteiger charge is 2.34. The first kappa shape index (κ1) is 17.9. The third-order valence-corrected chi connectivity index (χ3v) is 4.53. The van der Waals surface area contributed by atoms with Crippen molar-refractivity contribution < 1.29 is 14.7 Å². The van der Waals surface area contributed by atoms with Crippen molar-refractivity contribution in [2.45, 2.75) is 12.6 Å². The van der Waals surface area contributed by atoms with Crippen molar-refractivity contribution in [3.63, 3.8) is 0 Å². The number of hydrogen-bond donors (Lipinski definition) is 2. The van der Waals surface area contributed by atoms with Gasteiger partial charge in [-0.25, -0.2) is 4.79 Å². The first-order valence-electron chi connectivity index (χ1n) is 8.75. The summed E-state index contributed by atoms with van der Waals surface area (Å²) in [6, 6.07) is 17.6. The average Bonchev–Trinajstić information content (AvgIpc) is 2.69. The molecule has 6 heteroatoms. The predicted molar refractivity (Wildman–Crippen MR) is 98.6 cm³/mol. The zero-order chi connectivity index (χ0) is 18.4. The summed E-state index contributed by atoms with van der Waals surface area (Å²) in [6.45, 7) is 2.77. The molecule has 3 rings (SSSR count). The second-order valence-corrected chi connectivity index (χ2v) is 6.28. The molecular formula is C20H23N3O3. The summed E-state index contributed by atoms with van der Waals surface area (Å²) in [5.41, 5.74) is 1.54. The fraction of sp³-hybridized carbons (Fsp3) is 0.300. The van der Waals surface area contributed by atoms with E-state index in [4.69, 9.17) is 0 Å². The van der Waals surface area contributed by atoms with Crippen molar-refractivity contribution in [1.82, 2.24) is 15.1 Å². The Kier molecular flexibility index (Phi) is 5.86. The number of carboxylic acid groups (broad SMARTS) is 1. The van der Waals surface area contributed by atoms with Gasteiger partial charge in [-0.2, -0.15) is 0 Å². The molecule has 1 saturated heterocycles. The normalized spacial score (nSPS) is 15.3. The van der Waals surface area contributed by atoms with E-state index in [1.807, 2.05) is 60.7 Å². The minimum absolute atomic E-state index is 0.160. The van der Waals surface area contributed by atoms with Gasteiger partial charge < -0.3 is 15.3 Å². The molecule has 2 amide bonds. The zero-order valence-corrected chi connectivity index (χ0v) is 14.5. The lowest BCUT2D eigenvalue weighted by atomic mass is 10.0. The van der Waals surface area contributed by atoms with Crippen LogP contribution in [-0.2, 0) is 11.3 Å². The van der Waals surface area contributed by atoms with E-state index in [-0.39, 0.29) is 12.5 Å². The van der Waals surface area contributed by atoms with Gasteiger partial charge in [0.2, 0.25) is 5.91 Å². The number of nitrogens with one attached hydrogen (secondary N) is 1. The van der Waals surface area contributed by atoms with Gasteiger partial charge in [0.15, 0.2) is 0 Å². The van der Waals surface area contributed by atoms with Crippen LogP contribution in [0.15, 0.2) is 60.7 Å². The van der Waals surface area contributed by atoms with Gasteiger partial charge in [0.05, 0.1) is 6.54 Å². The van der Waals surface area contributed by atoms with Crippen LogP contribution in [-0.4, -0.2) is 53.1 Å². The van der Waals surface area contributed by atoms with E-state index in [1.165, 1.54) is 4.90 Å². The Hall–Kier alpha value is -2.86. The number of carbonyl (C=O) groups excluding carboxylic acids is 1. The molecule has 2 aromatic carbocycles. The summed E-state index contributed by atoms with van der Waals surface area (Å²) in [5.74, 6) is -0.170. The Bertz CT molecular complexity index is 730. The summed E-state index contributed by atoms with van der Waals surface area (Å²) in [7, 11) is 0. The molecule has 0 aliphatic carbocycles. The lowest BCUT2D eigenvalue weighted by molar-refractivity contribution is -0.137. The van der Waals surface area contributed by atoms with E-state index < -0.39 is 12.1 Å². The molecule has 0 radical (unpaired) electrons. The van der Waals surface area contributed by atoms with Crippen molar-refractivity contribution in [2.24, 2.45) is 0 Å². The zero-order valence-electron chi connectivity index (χ0n) is 14.5. The molecule has 1 heterocycles. The van der Waals surface area contributed by atoms with E-state index >= 15 is 0 Å². The van der Waals surface area contributed by atoms with Crippen LogP contribution < -0.4 is 5.32 Å². The maximum absolute atomic E-state index is 13.2. The van der Waals surface area contributed by atoms with Crippen molar-refractivity contribution in [2.75, 3.05) is 26.2 Å². The fourth-order valence-corrected chi connectivity index (χ4v) is 3.20. The maximum atomic E-state index is 13.2. The predicted octanol–water partition coefficient (Wildman–Crippen LogP) is 2.34. The second kappa shape index (κ2) is 8.49. The minimum Gasteiger partial charge on any atom is -0.465 e. The number of nitrogens with zero attached hydrogens (tertiary/aromatic N) is 2. The van der Waals surface area contributed by atoms with Crippen LogP contribution in [0.4, 0.5) is 4.79 Å². The van der Waals surface area contributed by atoms with Gasteiger partial charge in [0.1, 0.15) is 6.04 Å². The number of piperazine rings is 1. The van der Waals surface area contributed by atoms with Crippen LogP contribution in [0.25, 0.3) is 0 Å². The summed E-state index contributed by atoms with van der Waals surface area (Å²) in [6.07, 6.45) is -1.11. The molecule has 1 fully saturated rings. The highest BCUT2D eigenvalue weighted by atomic mass is 16.4. The quantitative estimate of drug-likeness (QED) is 0.865. The van der Waals surface area contributed by atoms with Gasteiger partial charge in [-0.15, -0.1) is 0 Å². The summed E-state index contributed by atoms with van der Waals surface area (Å²) in [4.78, 5) is 28.3. The molecule has 2 N–H and O–H groups in total. The van der Waals surface area contributed by atoms with E-state index in [2.05, 4.69) is 5.32 Å². The van der Waals surface area contributed by atoms with Crippen molar-refractivity contribution >= 4 is 12.0 Å². The molecule has 1 atom stereocenters. The first-order valence-corrected chi connectivity index (χ1v) is 8.75. The van der Waals surface area contributed by atoms with Crippen LogP contribution in [0.2, 0.25) is 0 Å². The third kappa shape index (κ3) is 4.21. The van der Waals surface area contributed by atoms with Crippen LogP contribution in [0.3, 0.4) is 0 Å². The minimum atomic E-state index is -1.11. The molecule has 26 heavy (non-hydrogen) atoms. The van der Waals surface area contributed by atoms with Gasteiger partial charge >= 0.3 is 6.09 Å². The van der Waals surface area contributed by atoms with Crippen molar-refractivity contribution in [3.8, 4) is 0 Å². The topological polar surface area (TPSA) is 72.9 Å². The van der Waals surface area contributed by atoms with Gasteiger partial charge in [-0.3, -0.25) is 9.69 Å². The molecular weight excluding hydrogens is 330 g/mol. The Morgan fingerprint density at radius 3 is 2.15 bits per heavy atom. The third-order valence-electron chi connectivity index (χ3n) is 4.53. The van der Waals surface area contributed by atoms with Crippen LogP contribution in [0, 0.1) is 0 Å². The monoisotopic (exact) mass is 353 g/mol. The lowest BCUT2D eigenvalue weighted by Crippen LogP contribution is -2.51. The largest absolute Gasteiger partial charge is 0.465 e.